The highest BCUT2D eigenvalue weighted by Gasteiger charge is 2.35. The normalized spacial score (nSPS) is 20.1. The summed E-state index contributed by atoms with van der Waals surface area (Å²) < 4.78 is 1.82. The van der Waals surface area contributed by atoms with Gasteiger partial charge in [0.2, 0.25) is 5.91 Å². The molecule has 2 aromatic carbocycles. The van der Waals surface area contributed by atoms with Gasteiger partial charge in [0.1, 0.15) is 6.04 Å². The molecule has 10 nitrogen and oxygen atoms in total. The number of anilines is 1. The van der Waals surface area contributed by atoms with E-state index in [9.17, 15) is 14.4 Å². The standard InChI is InChI=1S/C34H46ClN7O3/c1-22-19-23(20-27(35)31(22)36)21-29(32(43)40-15-9-25(10-16-40)24-7-13-39(2)14-8-24)38-33(44)41-17-11-26(12-18-41)42-30-6-4-3-5-28(30)37-34(42)45/h3-6,19-20,24-26,29H,7-18,21,36H2,1-2H3,(H,37,45)(H,38,44)/t29-/m1/s1. The highest BCUT2D eigenvalue weighted by atomic mass is 35.5. The molecule has 3 fully saturated rings. The number of aromatic nitrogens is 2. The molecule has 0 saturated carbocycles. The van der Waals surface area contributed by atoms with Crippen LogP contribution in [0.15, 0.2) is 41.2 Å². The lowest BCUT2D eigenvalue weighted by molar-refractivity contribution is -0.135. The Morgan fingerprint density at radius 2 is 1.58 bits per heavy atom. The van der Waals surface area contributed by atoms with Gasteiger partial charge in [0.15, 0.2) is 0 Å². The summed E-state index contributed by atoms with van der Waals surface area (Å²) in [6, 6.07) is 10.5. The number of nitrogens with one attached hydrogen (secondary N) is 2. The summed E-state index contributed by atoms with van der Waals surface area (Å²) in [5.41, 5.74) is 9.92. The van der Waals surface area contributed by atoms with Crippen LogP contribution in [-0.2, 0) is 11.2 Å². The number of imidazole rings is 1. The van der Waals surface area contributed by atoms with E-state index < -0.39 is 6.04 Å². The lowest BCUT2D eigenvalue weighted by Gasteiger charge is -2.40. The van der Waals surface area contributed by atoms with Gasteiger partial charge in [-0.3, -0.25) is 9.36 Å². The number of nitrogens with two attached hydrogens (primary N) is 1. The largest absolute Gasteiger partial charge is 0.397 e. The molecular weight excluding hydrogens is 590 g/mol. The van der Waals surface area contributed by atoms with Crippen molar-refractivity contribution in [3.8, 4) is 0 Å². The van der Waals surface area contributed by atoms with E-state index in [1.807, 2.05) is 46.7 Å². The number of piperidine rings is 3. The van der Waals surface area contributed by atoms with E-state index in [0.29, 0.717) is 62.1 Å². The molecule has 4 N–H and O–H groups in total. The van der Waals surface area contributed by atoms with Crippen molar-refractivity contribution in [2.75, 3.05) is 52.0 Å². The number of urea groups is 1. The topological polar surface area (TPSA) is 120 Å². The monoisotopic (exact) mass is 635 g/mol. The van der Waals surface area contributed by atoms with Crippen molar-refractivity contribution in [2.24, 2.45) is 11.8 Å². The number of carbonyl (C=O) groups is 2. The molecule has 6 rings (SSSR count). The Balaban J connectivity index is 1.12. The fourth-order valence-corrected chi connectivity index (χ4v) is 7.99. The molecule has 0 spiro atoms. The van der Waals surface area contributed by atoms with Crippen molar-refractivity contribution in [1.82, 2.24) is 29.6 Å². The Hall–Kier alpha value is -3.50. The first-order valence-corrected chi connectivity index (χ1v) is 16.8. The molecule has 0 unspecified atom stereocenters. The quantitative estimate of drug-likeness (QED) is 0.347. The molecule has 0 aliphatic carbocycles. The number of H-pyrrole nitrogens is 1. The SMILES string of the molecule is Cc1cc(C[C@@H](NC(=O)N2CCC(n3c(=O)[nH]c4ccccc43)CC2)C(=O)N2CCC(C3CCN(C)CC3)CC2)cc(Cl)c1N. The van der Waals surface area contributed by atoms with Crippen molar-refractivity contribution in [3.05, 3.63) is 63.0 Å². The Morgan fingerprint density at radius 1 is 0.956 bits per heavy atom. The Bertz CT molecular complexity index is 1550. The molecule has 3 amide bonds. The summed E-state index contributed by atoms with van der Waals surface area (Å²) >= 11 is 6.42. The summed E-state index contributed by atoms with van der Waals surface area (Å²) in [4.78, 5) is 49.5. The van der Waals surface area contributed by atoms with Crippen LogP contribution in [-0.4, -0.2) is 88.5 Å². The Kier molecular flexibility index (Phi) is 9.42. The number of benzene rings is 2. The third-order valence-electron chi connectivity index (χ3n) is 10.5. The molecule has 4 heterocycles. The van der Waals surface area contributed by atoms with Crippen molar-refractivity contribution < 1.29 is 9.59 Å². The van der Waals surface area contributed by atoms with Crippen molar-refractivity contribution in [2.45, 2.75) is 64.0 Å². The number of halogens is 1. The van der Waals surface area contributed by atoms with Gasteiger partial charge in [-0.25, -0.2) is 9.59 Å². The first kappa shape index (κ1) is 31.5. The van der Waals surface area contributed by atoms with E-state index in [1.54, 1.807) is 11.0 Å². The zero-order valence-corrected chi connectivity index (χ0v) is 27.2. The number of hydrogen-bond acceptors (Lipinski definition) is 5. The molecule has 3 saturated heterocycles. The maximum absolute atomic E-state index is 14.0. The third-order valence-corrected chi connectivity index (χ3v) is 10.8. The van der Waals surface area contributed by atoms with Crippen molar-refractivity contribution in [1.29, 1.82) is 0 Å². The first-order chi connectivity index (χ1) is 21.7. The number of aryl methyl sites for hydroxylation is 1. The van der Waals surface area contributed by atoms with E-state index in [2.05, 4.69) is 22.2 Å². The van der Waals surface area contributed by atoms with E-state index >= 15 is 0 Å². The molecule has 1 aromatic heterocycles. The summed E-state index contributed by atoms with van der Waals surface area (Å²) in [7, 11) is 2.19. The molecule has 0 bridgehead atoms. The van der Waals surface area contributed by atoms with Gasteiger partial charge in [-0.05, 0) is 107 Å². The number of likely N-dealkylation sites (tertiary alicyclic amines) is 3. The number of fused-ring (bicyclic) bond motifs is 1. The molecule has 3 aromatic rings. The van der Waals surface area contributed by atoms with Crippen LogP contribution in [0.1, 0.15) is 55.7 Å². The molecule has 242 valence electrons. The zero-order valence-electron chi connectivity index (χ0n) is 26.4. The van der Waals surface area contributed by atoms with Crippen LogP contribution in [0, 0.1) is 18.8 Å². The van der Waals surface area contributed by atoms with Crippen LogP contribution in [0.5, 0.6) is 0 Å². The van der Waals surface area contributed by atoms with Crippen molar-refractivity contribution in [3.63, 3.8) is 0 Å². The molecule has 1 atom stereocenters. The highest BCUT2D eigenvalue weighted by molar-refractivity contribution is 6.33. The predicted molar refractivity (Wildman–Crippen MR) is 179 cm³/mol. The summed E-state index contributed by atoms with van der Waals surface area (Å²) in [6.07, 6.45) is 6.13. The van der Waals surface area contributed by atoms with Crippen LogP contribution in [0.25, 0.3) is 11.0 Å². The average Bonchev–Trinajstić information content (AvgIpc) is 3.39. The maximum atomic E-state index is 14.0. The van der Waals surface area contributed by atoms with E-state index in [1.165, 1.54) is 12.8 Å². The fourth-order valence-electron chi connectivity index (χ4n) is 7.70. The minimum atomic E-state index is -0.717. The number of nitrogen functional groups attached to an aromatic ring is 1. The van der Waals surface area contributed by atoms with Gasteiger partial charge in [0, 0.05) is 38.6 Å². The molecular formula is C34H46ClN7O3. The second-order valence-electron chi connectivity index (χ2n) is 13.4. The van der Waals surface area contributed by atoms with E-state index in [-0.39, 0.29) is 23.7 Å². The fraction of sp³-hybridized carbons (Fsp3) is 0.559. The van der Waals surface area contributed by atoms with Gasteiger partial charge in [-0.1, -0.05) is 29.8 Å². The minimum absolute atomic E-state index is 0.000817. The van der Waals surface area contributed by atoms with Crippen LogP contribution in [0.4, 0.5) is 10.5 Å². The van der Waals surface area contributed by atoms with Gasteiger partial charge in [0.05, 0.1) is 21.7 Å². The highest BCUT2D eigenvalue weighted by Crippen LogP contribution is 2.33. The van der Waals surface area contributed by atoms with Gasteiger partial charge in [0.25, 0.3) is 0 Å². The summed E-state index contributed by atoms with van der Waals surface area (Å²) in [6.45, 7) is 6.63. The van der Waals surface area contributed by atoms with Crippen molar-refractivity contribution >= 4 is 40.3 Å². The van der Waals surface area contributed by atoms with E-state index in [0.717, 1.165) is 54.0 Å². The molecule has 3 aliphatic heterocycles. The number of para-hydroxylation sites is 2. The van der Waals surface area contributed by atoms with Crippen LogP contribution >= 0.6 is 11.6 Å². The predicted octanol–water partition coefficient (Wildman–Crippen LogP) is 4.41. The second kappa shape index (κ2) is 13.5. The third kappa shape index (κ3) is 6.87. The smallest absolute Gasteiger partial charge is 0.326 e. The summed E-state index contributed by atoms with van der Waals surface area (Å²) in [5, 5.41) is 3.55. The van der Waals surface area contributed by atoms with Crippen LogP contribution in [0.3, 0.4) is 0 Å². The number of hydrogen-bond donors (Lipinski definition) is 3. The average molecular weight is 636 g/mol. The lowest BCUT2D eigenvalue weighted by atomic mass is 9.79. The Labute approximate surface area is 269 Å². The molecule has 0 radical (unpaired) electrons. The van der Waals surface area contributed by atoms with Crippen LogP contribution < -0.4 is 16.7 Å². The molecule has 11 heteroatoms. The van der Waals surface area contributed by atoms with Crippen LogP contribution in [0.2, 0.25) is 5.02 Å². The summed E-state index contributed by atoms with van der Waals surface area (Å²) in [5.74, 6) is 1.34. The number of aromatic amines is 1. The number of nitrogens with zero attached hydrogens (tertiary/aromatic N) is 4. The van der Waals surface area contributed by atoms with Gasteiger partial charge in [-0.15, -0.1) is 0 Å². The van der Waals surface area contributed by atoms with E-state index in [4.69, 9.17) is 17.3 Å². The number of amides is 3. The lowest BCUT2D eigenvalue weighted by Crippen LogP contribution is -2.55. The first-order valence-electron chi connectivity index (χ1n) is 16.4. The second-order valence-corrected chi connectivity index (χ2v) is 13.8. The van der Waals surface area contributed by atoms with Gasteiger partial charge < -0.3 is 30.7 Å². The number of carbonyl (C=O) groups excluding carboxylic acids is 2. The maximum Gasteiger partial charge on any atom is 0.326 e. The Morgan fingerprint density at radius 3 is 2.24 bits per heavy atom. The zero-order chi connectivity index (χ0) is 31.7. The molecule has 3 aliphatic rings. The van der Waals surface area contributed by atoms with Gasteiger partial charge in [-0.2, -0.15) is 0 Å². The molecule has 45 heavy (non-hydrogen) atoms. The van der Waals surface area contributed by atoms with Gasteiger partial charge >= 0.3 is 11.7 Å². The minimum Gasteiger partial charge on any atom is -0.397 e. The number of rotatable bonds is 6.